The summed E-state index contributed by atoms with van der Waals surface area (Å²) in [6.45, 7) is 6.68. The van der Waals surface area contributed by atoms with Crippen LogP contribution in [0.3, 0.4) is 0 Å². The van der Waals surface area contributed by atoms with Crippen molar-refractivity contribution in [2.45, 2.75) is 57.9 Å². The molecule has 1 saturated heterocycles. The Balaban J connectivity index is 1.99. The van der Waals surface area contributed by atoms with Crippen LogP contribution in [0.1, 0.15) is 39.7 Å². The fraction of sp³-hybridized carbons (Fsp3) is 0.526. The second-order valence-corrected chi connectivity index (χ2v) is 7.78. The first-order valence-electron chi connectivity index (χ1n) is 8.72. The zero-order valence-electron chi connectivity index (χ0n) is 16.0. The van der Waals surface area contributed by atoms with Crippen LogP contribution in [-0.2, 0) is 20.9 Å². The first-order chi connectivity index (χ1) is 12.5. The average Bonchev–Trinajstić information content (AvgIpc) is 2.90. The number of benzene rings is 1. The normalized spacial score (nSPS) is 22.2. The van der Waals surface area contributed by atoms with Gasteiger partial charge in [0, 0.05) is 13.0 Å². The van der Waals surface area contributed by atoms with E-state index in [1.54, 1.807) is 20.8 Å². The topological polar surface area (TPSA) is 105 Å². The summed E-state index contributed by atoms with van der Waals surface area (Å²) in [5.41, 5.74) is -1.39. The molecule has 2 rings (SSSR count). The lowest BCUT2D eigenvalue weighted by molar-refractivity contribution is -0.148. The summed E-state index contributed by atoms with van der Waals surface area (Å²) in [5.74, 6) is -1.16. The summed E-state index contributed by atoms with van der Waals surface area (Å²) < 4.78 is 10.5. The van der Waals surface area contributed by atoms with Gasteiger partial charge in [0.1, 0.15) is 17.7 Å². The summed E-state index contributed by atoms with van der Waals surface area (Å²) in [4.78, 5) is 37.4. The summed E-state index contributed by atoms with van der Waals surface area (Å²) in [5, 5.41) is 12.2. The number of carbonyl (C=O) groups excluding carboxylic acids is 2. The molecule has 8 nitrogen and oxygen atoms in total. The number of nitrogens with one attached hydrogen (secondary N) is 1. The largest absolute Gasteiger partial charge is 0.480 e. The maximum absolute atomic E-state index is 12.4. The molecule has 0 unspecified atom stereocenters. The van der Waals surface area contributed by atoms with Crippen molar-refractivity contribution in [3.63, 3.8) is 0 Å². The van der Waals surface area contributed by atoms with Crippen LogP contribution >= 0.6 is 0 Å². The summed E-state index contributed by atoms with van der Waals surface area (Å²) in [7, 11) is 0. The van der Waals surface area contributed by atoms with Crippen molar-refractivity contribution in [3.05, 3.63) is 35.9 Å². The molecule has 1 aromatic carbocycles. The Hall–Kier alpha value is -2.77. The molecule has 148 valence electrons. The van der Waals surface area contributed by atoms with E-state index >= 15 is 0 Å². The van der Waals surface area contributed by atoms with Gasteiger partial charge in [0.2, 0.25) is 0 Å². The van der Waals surface area contributed by atoms with Gasteiger partial charge >= 0.3 is 18.2 Å². The lowest BCUT2D eigenvalue weighted by Gasteiger charge is -2.32. The van der Waals surface area contributed by atoms with E-state index in [2.05, 4.69) is 5.32 Å². The van der Waals surface area contributed by atoms with Crippen molar-refractivity contribution in [3.8, 4) is 0 Å². The Bertz CT molecular complexity index is 700. The molecule has 2 amide bonds. The molecule has 0 aliphatic carbocycles. The smallest absolute Gasteiger partial charge is 0.411 e. The van der Waals surface area contributed by atoms with E-state index in [0.717, 1.165) is 10.5 Å². The Morgan fingerprint density at radius 2 is 1.89 bits per heavy atom. The highest BCUT2D eigenvalue weighted by molar-refractivity contribution is 5.85. The number of amides is 2. The lowest BCUT2D eigenvalue weighted by atomic mass is 9.98. The van der Waals surface area contributed by atoms with Gasteiger partial charge in [-0.1, -0.05) is 30.3 Å². The molecule has 1 aromatic rings. The van der Waals surface area contributed by atoms with Crippen LogP contribution in [0.2, 0.25) is 0 Å². The number of carbonyl (C=O) groups is 3. The zero-order valence-corrected chi connectivity index (χ0v) is 16.0. The van der Waals surface area contributed by atoms with Crippen molar-refractivity contribution in [2.75, 3.05) is 6.54 Å². The number of rotatable bonds is 4. The quantitative estimate of drug-likeness (QED) is 0.835. The number of alkyl carbamates (subject to hydrolysis) is 1. The van der Waals surface area contributed by atoms with Crippen LogP contribution in [-0.4, -0.2) is 51.9 Å². The van der Waals surface area contributed by atoms with E-state index in [9.17, 15) is 19.5 Å². The minimum Gasteiger partial charge on any atom is -0.480 e. The van der Waals surface area contributed by atoms with Crippen molar-refractivity contribution in [2.24, 2.45) is 0 Å². The summed E-state index contributed by atoms with van der Waals surface area (Å²) in [6, 6.07) is 8.64. The zero-order chi connectivity index (χ0) is 20.2. The number of hydrogen-bond acceptors (Lipinski definition) is 5. The van der Waals surface area contributed by atoms with Gasteiger partial charge in [-0.25, -0.2) is 14.4 Å². The van der Waals surface area contributed by atoms with Crippen molar-refractivity contribution in [1.29, 1.82) is 0 Å². The summed E-state index contributed by atoms with van der Waals surface area (Å²) in [6.07, 6.45) is -1.33. The Kier molecular flexibility index (Phi) is 5.98. The van der Waals surface area contributed by atoms with Gasteiger partial charge in [-0.05, 0) is 33.3 Å². The fourth-order valence-electron chi connectivity index (χ4n) is 2.90. The highest BCUT2D eigenvalue weighted by Gasteiger charge is 2.52. The molecule has 0 radical (unpaired) electrons. The third-order valence-electron chi connectivity index (χ3n) is 4.25. The van der Waals surface area contributed by atoms with Gasteiger partial charge < -0.3 is 19.9 Å². The predicted molar refractivity (Wildman–Crippen MR) is 97.1 cm³/mol. The predicted octanol–water partition coefficient (Wildman–Crippen LogP) is 2.77. The van der Waals surface area contributed by atoms with E-state index in [4.69, 9.17) is 9.47 Å². The average molecular weight is 378 g/mol. The Labute approximate surface area is 158 Å². The maximum Gasteiger partial charge on any atom is 0.411 e. The first-order valence-corrected chi connectivity index (χ1v) is 8.72. The molecule has 27 heavy (non-hydrogen) atoms. The van der Waals surface area contributed by atoms with Crippen LogP contribution in [0.4, 0.5) is 9.59 Å². The van der Waals surface area contributed by atoms with E-state index in [1.165, 1.54) is 6.92 Å². The van der Waals surface area contributed by atoms with Gasteiger partial charge in [0.05, 0.1) is 6.04 Å². The van der Waals surface area contributed by atoms with Crippen molar-refractivity contribution >= 4 is 18.2 Å². The van der Waals surface area contributed by atoms with Crippen molar-refractivity contribution < 1.29 is 29.0 Å². The van der Waals surface area contributed by atoms with E-state index in [1.807, 2.05) is 30.3 Å². The fourth-order valence-corrected chi connectivity index (χ4v) is 2.90. The highest BCUT2D eigenvalue weighted by Crippen LogP contribution is 2.31. The summed E-state index contributed by atoms with van der Waals surface area (Å²) >= 11 is 0. The first kappa shape index (κ1) is 20.5. The molecule has 1 aliphatic rings. The molecular formula is C19H26N2O6. The number of nitrogens with zero attached hydrogens (tertiary/aromatic N) is 1. The highest BCUT2D eigenvalue weighted by atomic mass is 16.6. The molecule has 1 heterocycles. The van der Waals surface area contributed by atoms with Gasteiger partial charge in [-0.3, -0.25) is 4.90 Å². The minimum absolute atomic E-state index is 0.0259. The molecular weight excluding hydrogens is 352 g/mol. The van der Waals surface area contributed by atoms with Gasteiger partial charge in [-0.15, -0.1) is 0 Å². The maximum atomic E-state index is 12.4. The van der Waals surface area contributed by atoms with Crippen LogP contribution in [0, 0.1) is 0 Å². The number of hydrogen-bond donors (Lipinski definition) is 2. The minimum atomic E-state index is -1.47. The SMILES string of the molecule is CC(C)(C)OC(=O)N1C[C@H](NC(=O)OCc2ccccc2)C[C@@]1(C)C(=O)O. The number of carboxylic acid groups (broad SMARTS) is 1. The molecule has 2 N–H and O–H groups in total. The number of ether oxygens (including phenoxy) is 2. The van der Waals surface area contributed by atoms with Crippen LogP contribution in [0.5, 0.6) is 0 Å². The molecule has 8 heteroatoms. The standard InChI is InChI=1S/C19H26N2O6/c1-18(2,3)27-17(25)21-11-14(10-19(21,4)15(22)23)20-16(24)26-12-13-8-6-5-7-9-13/h5-9,14H,10-12H2,1-4H3,(H,20,24)(H,22,23)/t14-,19+/m1/s1. The van der Waals surface area contributed by atoms with E-state index < -0.39 is 35.3 Å². The Morgan fingerprint density at radius 1 is 1.26 bits per heavy atom. The lowest BCUT2D eigenvalue weighted by Crippen LogP contribution is -2.52. The van der Waals surface area contributed by atoms with Gasteiger partial charge in [0.15, 0.2) is 0 Å². The number of aliphatic carboxylic acids is 1. The molecule has 0 saturated carbocycles. The van der Waals surface area contributed by atoms with Crippen molar-refractivity contribution in [1.82, 2.24) is 10.2 Å². The van der Waals surface area contributed by atoms with Gasteiger partial charge in [0.25, 0.3) is 0 Å². The van der Waals surface area contributed by atoms with Crippen LogP contribution < -0.4 is 5.32 Å². The molecule has 0 aromatic heterocycles. The molecule has 0 spiro atoms. The molecule has 1 fully saturated rings. The van der Waals surface area contributed by atoms with Crippen LogP contribution in [0.25, 0.3) is 0 Å². The second-order valence-electron chi connectivity index (χ2n) is 7.78. The Morgan fingerprint density at radius 3 is 2.44 bits per heavy atom. The molecule has 2 atom stereocenters. The van der Waals surface area contributed by atoms with E-state index in [-0.39, 0.29) is 19.6 Å². The number of carboxylic acids is 1. The van der Waals surface area contributed by atoms with Gasteiger partial charge in [-0.2, -0.15) is 0 Å². The molecule has 0 bridgehead atoms. The second kappa shape index (κ2) is 7.85. The monoisotopic (exact) mass is 378 g/mol. The third kappa shape index (κ3) is 5.35. The van der Waals surface area contributed by atoms with Crippen LogP contribution in [0.15, 0.2) is 30.3 Å². The molecule has 1 aliphatic heterocycles. The number of likely N-dealkylation sites (tertiary alicyclic amines) is 1. The third-order valence-corrected chi connectivity index (χ3v) is 4.25. The van der Waals surface area contributed by atoms with E-state index in [0.29, 0.717) is 0 Å².